The van der Waals surface area contributed by atoms with E-state index in [2.05, 4.69) is 24.8 Å². The molecular weight excluding hydrogens is 204 g/mol. The van der Waals surface area contributed by atoms with Crippen LogP contribution in [0.4, 0.5) is 0 Å². The number of aryl methyl sites for hydroxylation is 1. The molecule has 0 saturated heterocycles. The molecule has 0 radical (unpaired) electrons. The zero-order chi connectivity index (χ0) is 10.8. The van der Waals surface area contributed by atoms with Crippen LogP contribution in [0.2, 0.25) is 0 Å². The summed E-state index contributed by atoms with van der Waals surface area (Å²) >= 11 is 1.57. The van der Waals surface area contributed by atoms with Crippen LogP contribution >= 0.6 is 11.3 Å². The van der Waals surface area contributed by atoms with Gasteiger partial charge in [0.1, 0.15) is 5.76 Å². The Hall–Kier alpha value is -1.54. The van der Waals surface area contributed by atoms with Crippen LogP contribution in [0.1, 0.15) is 10.4 Å². The zero-order valence-corrected chi connectivity index (χ0v) is 9.34. The first-order valence-electron chi connectivity index (χ1n) is 4.72. The molecule has 1 nitrogen and oxygen atoms in total. The molecule has 0 amide bonds. The lowest BCUT2D eigenvalue weighted by Crippen LogP contribution is -1.75. The second-order valence-corrected chi connectivity index (χ2v) is 4.49. The second-order valence-electron chi connectivity index (χ2n) is 3.44. The molecule has 1 aromatic heterocycles. The quantitative estimate of drug-likeness (QED) is 0.744. The fourth-order valence-electron chi connectivity index (χ4n) is 1.51. The maximum absolute atomic E-state index is 9.38. The van der Waals surface area contributed by atoms with E-state index in [0.29, 0.717) is 0 Å². The molecule has 0 aliphatic rings. The van der Waals surface area contributed by atoms with Crippen LogP contribution in [0.3, 0.4) is 0 Å². The predicted octanol–water partition coefficient (Wildman–Crippen LogP) is 4.25. The van der Waals surface area contributed by atoms with E-state index in [-0.39, 0.29) is 5.76 Å². The molecule has 0 aliphatic heterocycles. The van der Waals surface area contributed by atoms with Crippen molar-refractivity contribution in [3.8, 4) is 10.4 Å². The van der Waals surface area contributed by atoms with Crippen LogP contribution in [0, 0.1) is 6.92 Å². The van der Waals surface area contributed by atoms with Gasteiger partial charge in [0.2, 0.25) is 0 Å². The molecule has 0 aliphatic carbocycles. The molecule has 76 valence electrons. The maximum atomic E-state index is 9.38. The van der Waals surface area contributed by atoms with Crippen molar-refractivity contribution >= 4 is 17.1 Å². The molecule has 0 atom stereocenters. The molecular formula is C13H12OS. The summed E-state index contributed by atoms with van der Waals surface area (Å²) in [4.78, 5) is 2.03. The smallest absolute Gasteiger partial charge is 0.125 e. The van der Waals surface area contributed by atoms with Gasteiger partial charge in [0.05, 0.1) is 4.88 Å². The number of aliphatic hydroxyl groups is 1. The summed E-state index contributed by atoms with van der Waals surface area (Å²) in [7, 11) is 0. The van der Waals surface area contributed by atoms with E-state index in [1.807, 2.05) is 25.1 Å². The van der Waals surface area contributed by atoms with E-state index in [4.69, 9.17) is 0 Å². The summed E-state index contributed by atoms with van der Waals surface area (Å²) in [6, 6.07) is 12.2. The third-order valence-corrected chi connectivity index (χ3v) is 3.57. The summed E-state index contributed by atoms with van der Waals surface area (Å²) in [5.41, 5.74) is 2.25. The highest BCUT2D eigenvalue weighted by molar-refractivity contribution is 7.16. The molecule has 0 fully saturated rings. The first kappa shape index (κ1) is 9.99. The summed E-state index contributed by atoms with van der Waals surface area (Å²) in [5, 5.41) is 9.38. The number of aliphatic hydroxyl groups excluding tert-OH is 1. The SMILES string of the molecule is C=C(O)c1sc(-c2ccccc2)cc1C. The molecule has 0 unspecified atom stereocenters. The van der Waals surface area contributed by atoms with Crippen molar-refractivity contribution in [3.63, 3.8) is 0 Å². The summed E-state index contributed by atoms with van der Waals surface area (Å²) < 4.78 is 0. The second kappa shape index (κ2) is 3.91. The van der Waals surface area contributed by atoms with E-state index in [9.17, 15) is 5.11 Å². The van der Waals surface area contributed by atoms with Gasteiger partial charge < -0.3 is 5.11 Å². The van der Waals surface area contributed by atoms with Gasteiger partial charge >= 0.3 is 0 Å². The highest BCUT2D eigenvalue weighted by Gasteiger charge is 2.08. The van der Waals surface area contributed by atoms with Gasteiger partial charge in [-0.3, -0.25) is 0 Å². The largest absolute Gasteiger partial charge is 0.507 e. The fourth-order valence-corrected chi connectivity index (χ4v) is 2.56. The molecule has 0 saturated carbocycles. The van der Waals surface area contributed by atoms with Gasteiger partial charge in [0.25, 0.3) is 0 Å². The molecule has 15 heavy (non-hydrogen) atoms. The summed E-state index contributed by atoms with van der Waals surface area (Å²) in [5.74, 6) is 0.152. The van der Waals surface area contributed by atoms with Gasteiger partial charge in [-0.25, -0.2) is 0 Å². The molecule has 1 aromatic carbocycles. The van der Waals surface area contributed by atoms with Gasteiger partial charge in [0.15, 0.2) is 0 Å². The Balaban J connectivity index is 2.48. The van der Waals surface area contributed by atoms with E-state index < -0.39 is 0 Å². The average Bonchev–Trinajstić information content (AvgIpc) is 2.62. The van der Waals surface area contributed by atoms with Crippen LogP contribution in [0.5, 0.6) is 0 Å². The van der Waals surface area contributed by atoms with Crippen LogP contribution < -0.4 is 0 Å². The van der Waals surface area contributed by atoms with Gasteiger partial charge in [0, 0.05) is 4.88 Å². The Kier molecular flexibility index (Phi) is 2.60. The Labute approximate surface area is 93.3 Å². The third kappa shape index (κ3) is 1.95. The van der Waals surface area contributed by atoms with Crippen molar-refractivity contribution in [1.29, 1.82) is 0 Å². The first-order chi connectivity index (χ1) is 7.18. The minimum absolute atomic E-state index is 0.152. The zero-order valence-electron chi connectivity index (χ0n) is 8.53. The average molecular weight is 216 g/mol. The molecule has 0 spiro atoms. The van der Waals surface area contributed by atoms with Crippen molar-refractivity contribution in [2.75, 3.05) is 0 Å². The molecule has 2 heteroatoms. The Morgan fingerprint density at radius 3 is 2.47 bits per heavy atom. The van der Waals surface area contributed by atoms with E-state index in [1.54, 1.807) is 11.3 Å². The predicted molar refractivity (Wildman–Crippen MR) is 66.2 cm³/mol. The van der Waals surface area contributed by atoms with Crippen LogP contribution in [0.25, 0.3) is 16.2 Å². The fraction of sp³-hybridized carbons (Fsp3) is 0.0769. The van der Waals surface area contributed by atoms with Crippen molar-refractivity contribution in [2.24, 2.45) is 0 Å². The maximum Gasteiger partial charge on any atom is 0.125 e. The van der Waals surface area contributed by atoms with Crippen molar-refractivity contribution in [1.82, 2.24) is 0 Å². The standard InChI is InChI=1S/C13H12OS/c1-9-8-12(15-13(9)10(2)14)11-6-4-3-5-7-11/h3-8,14H,2H2,1H3. The number of thiophene rings is 1. The molecule has 1 heterocycles. The lowest BCUT2D eigenvalue weighted by Gasteiger charge is -1.95. The molecule has 2 rings (SSSR count). The van der Waals surface area contributed by atoms with Crippen LogP contribution in [-0.4, -0.2) is 5.11 Å². The Morgan fingerprint density at radius 2 is 1.93 bits per heavy atom. The van der Waals surface area contributed by atoms with Gasteiger partial charge in [-0.1, -0.05) is 36.9 Å². The monoisotopic (exact) mass is 216 g/mol. The Bertz CT molecular complexity index is 482. The van der Waals surface area contributed by atoms with E-state index >= 15 is 0 Å². The lowest BCUT2D eigenvalue weighted by molar-refractivity contribution is 0.515. The number of hydrogen-bond donors (Lipinski definition) is 1. The highest BCUT2D eigenvalue weighted by Crippen LogP contribution is 2.33. The highest BCUT2D eigenvalue weighted by atomic mass is 32.1. The van der Waals surface area contributed by atoms with Gasteiger partial charge in [-0.05, 0) is 24.1 Å². The lowest BCUT2D eigenvalue weighted by atomic mass is 10.1. The summed E-state index contributed by atoms with van der Waals surface area (Å²) in [6.07, 6.45) is 0. The molecule has 1 N–H and O–H groups in total. The number of hydrogen-bond acceptors (Lipinski definition) is 2. The first-order valence-corrected chi connectivity index (χ1v) is 5.54. The number of benzene rings is 1. The van der Waals surface area contributed by atoms with Crippen molar-refractivity contribution in [3.05, 3.63) is 53.4 Å². The van der Waals surface area contributed by atoms with E-state index in [1.165, 1.54) is 10.4 Å². The van der Waals surface area contributed by atoms with E-state index in [0.717, 1.165) is 10.4 Å². The number of rotatable bonds is 2. The van der Waals surface area contributed by atoms with Gasteiger partial charge in [-0.2, -0.15) is 0 Å². The van der Waals surface area contributed by atoms with Crippen molar-refractivity contribution in [2.45, 2.75) is 6.92 Å². The minimum Gasteiger partial charge on any atom is -0.507 e. The van der Waals surface area contributed by atoms with Crippen molar-refractivity contribution < 1.29 is 5.11 Å². The summed E-state index contributed by atoms with van der Waals surface area (Å²) in [6.45, 7) is 5.54. The normalized spacial score (nSPS) is 10.2. The van der Waals surface area contributed by atoms with Crippen LogP contribution in [0.15, 0.2) is 43.0 Å². The topological polar surface area (TPSA) is 20.2 Å². The Morgan fingerprint density at radius 1 is 1.27 bits per heavy atom. The minimum atomic E-state index is 0.152. The molecule has 2 aromatic rings. The molecule has 0 bridgehead atoms. The van der Waals surface area contributed by atoms with Gasteiger partial charge in [-0.15, -0.1) is 11.3 Å². The van der Waals surface area contributed by atoms with Crippen LogP contribution in [-0.2, 0) is 0 Å². The third-order valence-electron chi connectivity index (χ3n) is 2.24.